The summed E-state index contributed by atoms with van der Waals surface area (Å²) in [5.74, 6) is 0. The van der Waals surface area contributed by atoms with Crippen molar-refractivity contribution in [2.45, 2.75) is 11.8 Å². The van der Waals surface area contributed by atoms with E-state index in [1.807, 2.05) is 13.1 Å². The summed E-state index contributed by atoms with van der Waals surface area (Å²) in [6.07, 6.45) is 1.90. The molecule has 1 nitrogen and oxygen atoms in total. The SMILES string of the molecule is Cc1ccc(-c2cccc(SI)c2)nc1. The smallest absolute Gasteiger partial charge is 0.0702 e. The van der Waals surface area contributed by atoms with Gasteiger partial charge in [0.05, 0.1) is 5.69 Å². The maximum absolute atomic E-state index is 4.41. The molecule has 0 atom stereocenters. The molecule has 0 bridgehead atoms. The number of aromatic nitrogens is 1. The molecular weight excluding hydrogens is 317 g/mol. The van der Waals surface area contributed by atoms with E-state index in [9.17, 15) is 0 Å². The predicted octanol–water partition coefficient (Wildman–Crippen LogP) is 4.50. The third-order valence-corrected chi connectivity index (χ3v) is 4.09. The van der Waals surface area contributed by atoms with Crippen LogP contribution in [0.3, 0.4) is 0 Å². The minimum atomic E-state index is 1.04. The first-order valence-electron chi connectivity index (χ1n) is 4.61. The molecule has 0 saturated carbocycles. The van der Waals surface area contributed by atoms with E-state index in [0.717, 1.165) is 5.69 Å². The van der Waals surface area contributed by atoms with Crippen LogP contribution in [0.4, 0.5) is 0 Å². The molecule has 0 spiro atoms. The van der Waals surface area contributed by atoms with E-state index >= 15 is 0 Å². The summed E-state index contributed by atoms with van der Waals surface area (Å²) < 4.78 is 0. The molecule has 0 unspecified atom stereocenters. The van der Waals surface area contributed by atoms with E-state index < -0.39 is 0 Å². The number of aryl methyl sites for hydroxylation is 1. The fourth-order valence-electron chi connectivity index (χ4n) is 1.34. The van der Waals surface area contributed by atoms with Crippen LogP contribution < -0.4 is 0 Å². The molecule has 1 aromatic heterocycles. The number of pyridine rings is 1. The zero-order valence-electron chi connectivity index (χ0n) is 8.27. The van der Waals surface area contributed by atoms with Gasteiger partial charge in [0.25, 0.3) is 0 Å². The number of hydrogen-bond acceptors (Lipinski definition) is 2. The van der Waals surface area contributed by atoms with Crippen molar-refractivity contribution in [3.8, 4) is 11.3 Å². The van der Waals surface area contributed by atoms with Gasteiger partial charge in [-0.15, -0.1) is 0 Å². The van der Waals surface area contributed by atoms with Crippen molar-refractivity contribution in [1.82, 2.24) is 4.98 Å². The summed E-state index contributed by atoms with van der Waals surface area (Å²) in [5, 5.41) is 0. The van der Waals surface area contributed by atoms with Crippen molar-refractivity contribution in [3.63, 3.8) is 0 Å². The molecule has 0 aliphatic rings. The van der Waals surface area contributed by atoms with Gasteiger partial charge in [-0.2, -0.15) is 0 Å². The maximum atomic E-state index is 4.41. The molecular formula is C12H10INS. The van der Waals surface area contributed by atoms with Gasteiger partial charge in [-0.25, -0.2) is 0 Å². The van der Waals surface area contributed by atoms with Gasteiger partial charge >= 0.3 is 0 Å². The topological polar surface area (TPSA) is 12.9 Å². The fourth-order valence-corrected chi connectivity index (χ4v) is 2.47. The number of hydrogen-bond donors (Lipinski definition) is 0. The zero-order valence-corrected chi connectivity index (χ0v) is 11.2. The lowest BCUT2D eigenvalue weighted by Crippen LogP contribution is -1.83. The second-order valence-electron chi connectivity index (χ2n) is 3.33. The van der Waals surface area contributed by atoms with E-state index in [0.29, 0.717) is 0 Å². The molecule has 2 rings (SSSR count). The van der Waals surface area contributed by atoms with Gasteiger partial charge < -0.3 is 0 Å². The van der Waals surface area contributed by atoms with Crippen molar-refractivity contribution >= 4 is 30.1 Å². The van der Waals surface area contributed by atoms with Crippen molar-refractivity contribution in [2.75, 3.05) is 0 Å². The first-order chi connectivity index (χ1) is 7.29. The number of benzene rings is 1. The summed E-state index contributed by atoms with van der Waals surface area (Å²) in [5.41, 5.74) is 3.41. The Hall–Kier alpha value is -0.550. The molecule has 2 aromatic rings. The average molecular weight is 327 g/mol. The summed E-state index contributed by atoms with van der Waals surface area (Å²) in [4.78, 5) is 5.67. The van der Waals surface area contributed by atoms with E-state index in [1.165, 1.54) is 16.0 Å². The molecule has 0 amide bonds. The largest absolute Gasteiger partial charge is 0.256 e. The van der Waals surface area contributed by atoms with E-state index in [1.54, 1.807) is 8.93 Å². The highest BCUT2D eigenvalue weighted by atomic mass is 127. The summed E-state index contributed by atoms with van der Waals surface area (Å²) in [6.45, 7) is 2.05. The Morgan fingerprint density at radius 2 is 2.07 bits per heavy atom. The molecule has 1 heterocycles. The fraction of sp³-hybridized carbons (Fsp3) is 0.0833. The van der Waals surface area contributed by atoms with Crippen LogP contribution in [0.2, 0.25) is 0 Å². The predicted molar refractivity (Wildman–Crippen MR) is 74.3 cm³/mol. The van der Waals surface area contributed by atoms with Crippen molar-refractivity contribution in [2.24, 2.45) is 0 Å². The lowest BCUT2D eigenvalue weighted by atomic mass is 10.1. The lowest BCUT2D eigenvalue weighted by Gasteiger charge is -2.02. The van der Waals surface area contributed by atoms with Crippen LogP contribution in [-0.2, 0) is 0 Å². The summed E-state index contributed by atoms with van der Waals surface area (Å²) in [6, 6.07) is 12.6. The van der Waals surface area contributed by atoms with E-state index in [4.69, 9.17) is 0 Å². The molecule has 1 aromatic carbocycles. The van der Waals surface area contributed by atoms with Crippen molar-refractivity contribution in [3.05, 3.63) is 48.2 Å². The Balaban J connectivity index is 2.40. The highest BCUT2D eigenvalue weighted by Gasteiger charge is 1.99. The van der Waals surface area contributed by atoms with Crippen LogP contribution in [-0.4, -0.2) is 4.98 Å². The van der Waals surface area contributed by atoms with Crippen LogP contribution in [0.25, 0.3) is 11.3 Å². The van der Waals surface area contributed by atoms with Crippen LogP contribution in [0.5, 0.6) is 0 Å². The monoisotopic (exact) mass is 327 g/mol. The first-order valence-corrected chi connectivity index (χ1v) is 7.97. The normalized spacial score (nSPS) is 10.3. The molecule has 0 fully saturated rings. The Labute approximate surface area is 106 Å². The number of nitrogens with zero attached hydrogens (tertiary/aromatic N) is 1. The Morgan fingerprint density at radius 1 is 1.20 bits per heavy atom. The van der Waals surface area contributed by atoms with Gasteiger partial charge in [0.1, 0.15) is 0 Å². The molecule has 0 saturated heterocycles. The Kier molecular flexibility index (Phi) is 3.64. The van der Waals surface area contributed by atoms with Gasteiger partial charge in [0.15, 0.2) is 0 Å². The zero-order chi connectivity index (χ0) is 10.7. The van der Waals surface area contributed by atoms with Gasteiger partial charge in [-0.05, 0) is 30.7 Å². The van der Waals surface area contributed by atoms with Crippen molar-refractivity contribution < 1.29 is 0 Å². The van der Waals surface area contributed by atoms with Gasteiger partial charge in [-0.3, -0.25) is 4.98 Å². The van der Waals surface area contributed by atoms with Crippen LogP contribution >= 0.6 is 30.1 Å². The Bertz CT molecular complexity index is 453. The molecule has 0 N–H and O–H groups in total. The number of halogens is 1. The molecule has 0 aliphatic carbocycles. The summed E-state index contributed by atoms with van der Waals surface area (Å²) in [7, 11) is 1.72. The molecule has 15 heavy (non-hydrogen) atoms. The lowest BCUT2D eigenvalue weighted by molar-refractivity contribution is 1.26. The van der Waals surface area contributed by atoms with E-state index in [2.05, 4.69) is 62.6 Å². The van der Waals surface area contributed by atoms with Crippen LogP contribution in [0.1, 0.15) is 5.56 Å². The standard InChI is InChI=1S/C12H10INS/c1-9-5-6-12(14-8-9)10-3-2-4-11(7-10)15-13/h2-8H,1H3. The van der Waals surface area contributed by atoms with Gasteiger partial charge in [0.2, 0.25) is 0 Å². The minimum absolute atomic E-state index is 1.04. The third-order valence-electron chi connectivity index (χ3n) is 2.13. The second-order valence-corrected chi connectivity index (χ2v) is 5.27. The third kappa shape index (κ3) is 2.72. The quantitative estimate of drug-likeness (QED) is 0.754. The minimum Gasteiger partial charge on any atom is -0.256 e. The molecule has 0 aliphatic heterocycles. The molecule has 0 radical (unpaired) electrons. The van der Waals surface area contributed by atoms with Gasteiger partial charge in [0, 0.05) is 37.9 Å². The van der Waals surface area contributed by atoms with E-state index in [-0.39, 0.29) is 0 Å². The number of rotatable bonds is 2. The molecule has 3 heteroatoms. The Morgan fingerprint density at radius 3 is 2.73 bits per heavy atom. The van der Waals surface area contributed by atoms with Gasteiger partial charge in [-0.1, -0.05) is 27.1 Å². The highest BCUT2D eigenvalue weighted by molar-refractivity contribution is 14.2. The van der Waals surface area contributed by atoms with Crippen LogP contribution in [0, 0.1) is 6.92 Å². The molecule has 76 valence electrons. The maximum Gasteiger partial charge on any atom is 0.0702 e. The van der Waals surface area contributed by atoms with Crippen molar-refractivity contribution in [1.29, 1.82) is 0 Å². The highest BCUT2D eigenvalue weighted by Crippen LogP contribution is 2.28. The first kappa shape index (κ1) is 11.0. The van der Waals surface area contributed by atoms with Crippen LogP contribution in [0.15, 0.2) is 47.5 Å². The second kappa shape index (κ2) is 4.99. The average Bonchev–Trinajstić information content (AvgIpc) is 2.30. The summed E-state index contributed by atoms with van der Waals surface area (Å²) >= 11 is 2.29.